The summed E-state index contributed by atoms with van der Waals surface area (Å²) >= 11 is 1.12. The Morgan fingerprint density at radius 1 is 1.33 bits per heavy atom. The quantitative estimate of drug-likeness (QED) is 0.824. The van der Waals surface area contributed by atoms with Gasteiger partial charge in [-0.3, -0.25) is 4.72 Å². The van der Waals surface area contributed by atoms with Crippen molar-refractivity contribution in [2.75, 3.05) is 11.3 Å². The molecule has 0 radical (unpaired) electrons. The Labute approximate surface area is 126 Å². The second-order valence-electron chi connectivity index (χ2n) is 3.78. The zero-order chi connectivity index (χ0) is 15.3. The number of sulfonamides is 1. The number of benzene rings is 1. The van der Waals surface area contributed by atoms with Gasteiger partial charge in [0, 0.05) is 0 Å². The molecule has 106 valence electrons. The van der Waals surface area contributed by atoms with Crippen molar-refractivity contribution < 1.29 is 8.42 Å². The van der Waals surface area contributed by atoms with Crippen molar-refractivity contribution in [1.29, 1.82) is 5.26 Å². The molecule has 1 heterocycles. The largest absolute Gasteiger partial charge is 0.320 e. The van der Waals surface area contributed by atoms with E-state index in [1.165, 1.54) is 30.5 Å². The summed E-state index contributed by atoms with van der Waals surface area (Å²) in [6, 6.07) is 7.53. The summed E-state index contributed by atoms with van der Waals surface area (Å²) in [5, 5.41) is 8.92. The van der Waals surface area contributed by atoms with Gasteiger partial charge in [-0.1, -0.05) is 23.2 Å². The highest BCUT2D eigenvalue weighted by atomic mass is 32.2. The van der Waals surface area contributed by atoms with Crippen molar-refractivity contribution >= 4 is 26.5 Å². The zero-order valence-corrected chi connectivity index (χ0v) is 12.3. The normalized spacial score (nSPS) is 10.3. The molecule has 21 heavy (non-hydrogen) atoms. The molecule has 1 aromatic carbocycles. The van der Waals surface area contributed by atoms with E-state index in [1.807, 2.05) is 6.07 Å². The maximum absolute atomic E-state index is 12.1. The van der Waals surface area contributed by atoms with E-state index < -0.39 is 10.0 Å². The monoisotopic (exact) mass is 318 g/mol. The Hall–Kier alpha value is -2.39. The molecule has 6 nitrogen and oxygen atoms in total. The predicted octanol–water partition coefficient (Wildman–Crippen LogP) is 1.13. The minimum absolute atomic E-state index is 0.0614. The summed E-state index contributed by atoms with van der Waals surface area (Å²) in [5.74, 6) is 5.44. The Balaban J connectivity index is 2.20. The molecule has 0 saturated carbocycles. The first-order valence-corrected chi connectivity index (χ1v) is 8.03. The maximum atomic E-state index is 12.1. The predicted molar refractivity (Wildman–Crippen MR) is 80.0 cm³/mol. The van der Waals surface area contributed by atoms with Gasteiger partial charge in [-0.15, -0.1) is 0 Å². The molecule has 0 aliphatic heterocycles. The summed E-state index contributed by atoms with van der Waals surface area (Å²) < 4.78 is 26.6. The SMILES string of the molecule is N#Cc1ccc(S(=O)(=O)Nc2ncc(C#CCN)s2)cc1. The van der Waals surface area contributed by atoms with Crippen LogP contribution < -0.4 is 10.5 Å². The third-order valence-electron chi connectivity index (χ3n) is 2.33. The van der Waals surface area contributed by atoms with E-state index in [0.29, 0.717) is 10.4 Å². The van der Waals surface area contributed by atoms with E-state index in [1.54, 1.807) is 0 Å². The van der Waals surface area contributed by atoms with Crippen molar-refractivity contribution in [3.8, 4) is 17.9 Å². The number of hydrogen-bond acceptors (Lipinski definition) is 6. The van der Waals surface area contributed by atoms with Gasteiger partial charge in [-0.25, -0.2) is 13.4 Å². The fourth-order valence-corrected chi connectivity index (χ4v) is 3.33. The first kappa shape index (κ1) is 15.0. The summed E-state index contributed by atoms with van der Waals surface area (Å²) in [4.78, 5) is 4.63. The van der Waals surface area contributed by atoms with Gasteiger partial charge in [0.1, 0.15) is 0 Å². The maximum Gasteiger partial charge on any atom is 0.263 e. The Morgan fingerprint density at radius 2 is 2.05 bits per heavy atom. The van der Waals surface area contributed by atoms with Crippen LogP contribution in [-0.4, -0.2) is 19.9 Å². The van der Waals surface area contributed by atoms with Gasteiger partial charge in [0.25, 0.3) is 10.0 Å². The van der Waals surface area contributed by atoms with Crippen LogP contribution in [-0.2, 0) is 10.0 Å². The van der Waals surface area contributed by atoms with E-state index in [-0.39, 0.29) is 16.6 Å². The lowest BCUT2D eigenvalue weighted by molar-refractivity contribution is 0.601. The van der Waals surface area contributed by atoms with Gasteiger partial charge in [-0.05, 0) is 24.3 Å². The topological polar surface area (TPSA) is 109 Å². The summed E-state index contributed by atoms with van der Waals surface area (Å²) in [5.41, 5.74) is 5.65. The smallest absolute Gasteiger partial charge is 0.263 e. The van der Waals surface area contributed by atoms with Crippen LogP contribution >= 0.6 is 11.3 Å². The van der Waals surface area contributed by atoms with Gasteiger partial charge in [-0.2, -0.15) is 5.26 Å². The van der Waals surface area contributed by atoms with Crippen molar-refractivity contribution in [3.05, 3.63) is 40.9 Å². The number of nitrogens with one attached hydrogen (secondary N) is 1. The van der Waals surface area contributed by atoms with Crippen LogP contribution in [0.2, 0.25) is 0 Å². The number of thiazole rings is 1. The number of hydrogen-bond donors (Lipinski definition) is 2. The highest BCUT2D eigenvalue weighted by Crippen LogP contribution is 2.21. The lowest BCUT2D eigenvalue weighted by Crippen LogP contribution is -2.12. The first-order valence-electron chi connectivity index (χ1n) is 5.73. The van der Waals surface area contributed by atoms with E-state index in [4.69, 9.17) is 11.0 Å². The highest BCUT2D eigenvalue weighted by Gasteiger charge is 2.15. The Morgan fingerprint density at radius 3 is 2.67 bits per heavy atom. The van der Waals surface area contributed by atoms with Gasteiger partial charge >= 0.3 is 0 Å². The average Bonchev–Trinajstić information content (AvgIpc) is 2.92. The minimum Gasteiger partial charge on any atom is -0.320 e. The van der Waals surface area contributed by atoms with Crippen molar-refractivity contribution in [2.45, 2.75) is 4.90 Å². The van der Waals surface area contributed by atoms with E-state index in [9.17, 15) is 8.42 Å². The number of aromatic nitrogens is 1. The number of nitriles is 1. The molecule has 0 amide bonds. The molecule has 2 aromatic rings. The van der Waals surface area contributed by atoms with Gasteiger partial charge in [0.2, 0.25) is 0 Å². The van der Waals surface area contributed by atoms with Crippen molar-refractivity contribution in [2.24, 2.45) is 5.73 Å². The molecule has 0 bridgehead atoms. The fraction of sp³-hybridized carbons (Fsp3) is 0.0769. The molecular weight excluding hydrogens is 308 g/mol. The van der Waals surface area contributed by atoms with Crippen LogP contribution in [0.15, 0.2) is 35.4 Å². The third kappa shape index (κ3) is 3.80. The molecule has 8 heteroatoms. The third-order valence-corrected chi connectivity index (χ3v) is 4.65. The van der Waals surface area contributed by atoms with Gasteiger partial charge in [0.05, 0.1) is 34.1 Å². The Kier molecular flexibility index (Phi) is 4.55. The van der Waals surface area contributed by atoms with Crippen LogP contribution in [0.4, 0.5) is 5.13 Å². The fourth-order valence-electron chi connectivity index (χ4n) is 1.40. The molecule has 0 aliphatic rings. The Bertz CT molecular complexity index is 837. The number of nitrogens with zero attached hydrogens (tertiary/aromatic N) is 2. The molecule has 0 saturated heterocycles. The second-order valence-corrected chi connectivity index (χ2v) is 6.49. The minimum atomic E-state index is -3.73. The molecule has 0 atom stereocenters. The summed E-state index contributed by atoms with van der Waals surface area (Å²) in [7, 11) is -3.73. The van der Waals surface area contributed by atoms with Crippen LogP contribution in [0, 0.1) is 23.2 Å². The molecule has 3 N–H and O–H groups in total. The summed E-state index contributed by atoms with van der Waals surface area (Å²) in [6.07, 6.45) is 1.48. The molecule has 0 fully saturated rings. The molecule has 0 spiro atoms. The lowest BCUT2D eigenvalue weighted by Gasteiger charge is -2.04. The highest BCUT2D eigenvalue weighted by molar-refractivity contribution is 7.93. The number of rotatable bonds is 3. The van der Waals surface area contributed by atoms with Gasteiger partial charge in [0.15, 0.2) is 5.13 Å². The zero-order valence-electron chi connectivity index (χ0n) is 10.7. The van der Waals surface area contributed by atoms with Crippen molar-refractivity contribution in [1.82, 2.24) is 4.98 Å². The van der Waals surface area contributed by atoms with Crippen LogP contribution in [0.25, 0.3) is 0 Å². The van der Waals surface area contributed by atoms with Crippen LogP contribution in [0.5, 0.6) is 0 Å². The van der Waals surface area contributed by atoms with Gasteiger partial charge < -0.3 is 5.73 Å². The van der Waals surface area contributed by atoms with E-state index in [2.05, 4.69) is 21.5 Å². The van der Waals surface area contributed by atoms with E-state index in [0.717, 1.165) is 11.3 Å². The number of anilines is 1. The average molecular weight is 318 g/mol. The first-order chi connectivity index (χ1) is 10.0. The van der Waals surface area contributed by atoms with Crippen LogP contribution in [0.1, 0.15) is 10.4 Å². The summed E-state index contributed by atoms with van der Waals surface area (Å²) in [6.45, 7) is 0.226. The van der Waals surface area contributed by atoms with Crippen molar-refractivity contribution in [3.63, 3.8) is 0 Å². The molecule has 2 rings (SSSR count). The molecular formula is C13H10N4O2S2. The number of nitrogens with two attached hydrogens (primary N) is 1. The second kappa shape index (κ2) is 6.37. The lowest BCUT2D eigenvalue weighted by atomic mass is 10.2. The molecule has 0 aliphatic carbocycles. The molecule has 1 aromatic heterocycles. The standard InChI is InChI=1S/C13H10N4O2S2/c14-7-1-2-11-9-16-13(20-11)17-21(18,19)12-5-3-10(8-15)4-6-12/h3-6,9H,7,14H2,(H,16,17). The molecule has 0 unspecified atom stereocenters. The van der Waals surface area contributed by atoms with E-state index >= 15 is 0 Å². The van der Waals surface area contributed by atoms with Crippen LogP contribution in [0.3, 0.4) is 0 Å².